The molecule has 0 bridgehead atoms. The van der Waals surface area contributed by atoms with E-state index in [0.717, 1.165) is 11.1 Å². The lowest BCUT2D eigenvalue weighted by molar-refractivity contribution is 0.00653. The maximum Gasteiger partial charge on any atom is 0.508 e. The Labute approximate surface area is 142 Å². The van der Waals surface area contributed by atoms with Gasteiger partial charge in [-0.1, -0.05) is 60.7 Å². The zero-order valence-electron chi connectivity index (χ0n) is 13.6. The Morgan fingerprint density at radius 1 is 0.625 bits per heavy atom. The standard InChI is InChI=1S/C19H22O5/c20-19(23-13-11-21-15-17-7-3-1-4-8-17)24-14-12-22-16-18-9-5-2-6-10-18/h1-10H,11-16H2. The third kappa shape index (κ3) is 7.76. The van der Waals surface area contributed by atoms with Gasteiger partial charge in [0.25, 0.3) is 0 Å². The largest absolute Gasteiger partial charge is 0.508 e. The number of carbonyl (C=O) groups excluding carboxylic acids is 1. The summed E-state index contributed by atoms with van der Waals surface area (Å²) in [6.07, 6.45) is -0.707. The molecule has 0 aliphatic carbocycles. The highest BCUT2D eigenvalue weighted by molar-refractivity contribution is 5.59. The molecular formula is C19H22O5. The fourth-order valence-corrected chi connectivity index (χ4v) is 1.94. The smallest absolute Gasteiger partial charge is 0.432 e. The maximum absolute atomic E-state index is 11.4. The second kappa shape index (κ2) is 11.2. The van der Waals surface area contributed by atoms with E-state index in [4.69, 9.17) is 18.9 Å². The van der Waals surface area contributed by atoms with Crippen molar-refractivity contribution in [1.82, 2.24) is 0 Å². The van der Waals surface area contributed by atoms with Crippen molar-refractivity contribution in [3.8, 4) is 0 Å². The lowest BCUT2D eigenvalue weighted by Gasteiger charge is -2.08. The van der Waals surface area contributed by atoms with E-state index in [0.29, 0.717) is 26.4 Å². The molecule has 0 saturated heterocycles. The molecule has 24 heavy (non-hydrogen) atoms. The van der Waals surface area contributed by atoms with Crippen molar-refractivity contribution in [2.45, 2.75) is 13.2 Å². The minimum Gasteiger partial charge on any atom is -0.432 e. The van der Waals surface area contributed by atoms with Crippen LogP contribution < -0.4 is 0 Å². The first-order valence-electron chi connectivity index (χ1n) is 7.87. The summed E-state index contributed by atoms with van der Waals surface area (Å²) >= 11 is 0. The molecule has 0 fully saturated rings. The van der Waals surface area contributed by atoms with Crippen molar-refractivity contribution in [3.05, 3.63) is 71.8 Å². The first-order chi connectivity index (χ1) is 11.8. The highest BCUT2D eigenvalue weighted by Gasteiger charge is 2.03. The van der Waals surface area contributed by atoms with Crippen LogP contribution in [0.4, 0.5) is 4.79 Å². The molecule has 0 heterocycles. The van der Waals surface area contributed by atoms with E-state index in [-0.39, 0.29) is 13.2 Å². The SMILES string of the molecule is O=C(OCCOCc1ccccc1)OCCOCc1ccccc1. The van der Waals surface area contributed by atoms with Gasteiger partial charge in [0, 0.05) is 0 Å². The van der Waals surface area contributed by atoms with Gasteiger partial charge in [0.05, 0.1) is 26.4 Å². The summed E-state index contributed by atoms with van der Waals surface area (Å²) in [7, 11) is 0. The van der Waals surface area contributed by atoms with Crippen LogP contribution in [0.1, 0.15) is 11.1 Å². The predicted octanol–water partition coefficient (Wildman–Crippen LogP) is 3.57. The Morgan fingerprint density at radius 2 is 1.04 bits per heavy atom. The van der Waals surface area contributed by atoms with Crippen molar-refractivity contribution < 1.29 is 23.7 Å². The molecule has 5 nitrogen and oxygen atoms in total. The van der Waals surface area contributed by atoms with Crippen LogP contribution in [0.3, 0.4) is 0 Å². The molecule has 0 amide bonds. The number of ether oxygens (including phenoxy) is 4. The maximum atomic E-state index is 11.4. The van der Waals surface area contributed by atoms with Gasteiger partial charge in [-0.15, -0.1) is 0 Å². The van der Waals surface area contributed by atoms with Crippen LogP contribution in [-0.4, -0.2) is 32.6 Å². The monoisotopic (exact) mass is 330 g/mol. The Bertz CT molecular complexity index is 519. The van der Waals surface area contributed by atoms with Crippen LogP contribution in [-0.2, 0) is 32.2 Å². The summed E-state index contributed by atoms with van der Waals surface area (Å²) in [5, 5.41) is 0. The summed E-state index contributed by atoms with van der Waals surface area (Å²) < 4.78 is 20.6. The molecule has 0 spiro atoms. The summed E-state index contributed by atoms with van der Waals surface area (Å²) in [6.45, 7) is 1.97. The fourth-order valence-electron chi connectivity index (χ4n) is 1.94. The van der Waals surface area contributed by atoms with Crippen molar-refractivity contribution in [2.75, 3.05) is 26.4 Å². The van der Waals surface area contributed by atoms with Gasteiger partial charge in [-0.2, -0.15) is 0 Å². The molecule has 0 radical (unpaired) electrons. The van der Waals surface area contributed by atoms with Gasteiger partial charge in [0.1, 0.15) is 13.2 Å². The average molecular weight is 330 g/mol. The number of hydrogen-bond donors (Lipinski definition) is 0. The molecule has 0 aromatic heterocycles. The van der Waals surface area contributed by atoms with Crippen LogP contribution in [0.25, 0.3) is 0 Å². The zero-order valence-corrected chi connectivity index (χ0v) is 13.6. The molecule has 2 aromatic rings. The van der Waals surface area contributed by atoms with Crippen LogP contribution in [0.15, 0.2) is 60.7 Å². The van der Waals surface area contributed by atoms with Gasteiger partial charge in [0.2, 0.25) is 0 Å². The molecular weight excluding hydrogens is 308 g/mol. The minimum absolute atomic E-state index is 0.163. The third-order valence-corrected chi connectivity index (χ3v) is 3.12. The predicted molar refractivity (Wildman–Crippen MR) is 89.5 cm³/mol. The van der Waals surface area contributed by atoms with E-state index in [9.17, 15) is 4.79 Å². The van der Waals surface area contributed by atoms with Crippen molar-refractivity contribution in [3.63, 3.8) is 0 Å². The van der Waals surface area contributed by atoms with Crippen molar-refractivity contribution in [1.29, 1.82) is 0 Å². The van der Waals surface area contributed by atoms with Crippen molar-refractivity contribution >= 4 is 6.16 Å². The highest BCUT2D eigenvalue weighted by Crippen LogP contribution is 2.01. The van der Waals surface area contributed by atoms with Crippen LogP contribution in [0.5, 0.6) is 0 Å². The third-order valence-electron chi connectivity index (χ3n) is 3.12. The Hall–Kier alpha value is -2.37. The van der Waals surface area contributed by atoms with Gasteiger partial charge in [-0.05, 0) is 11.1 Å². The van der Waals surface area contributed by atoms with E-state index in [2.05, 4.69) is 0 Å². The molecule has 0 N–H and O–H groups in total. The lowest BCUT2D eigenvalue weighted by atomic mass is 10.2. The fraction of sp³-hybridized carbons (Fsp3) is 0.316. The second-order valence-corrected chi connectivity index (χ2v) is 5.02. The molecule has 5 heteroatoms. The van der Waals surface area contributed by atoms with E-state index in [1.807, 2.05) is 60.7 Å². The summed E-state index contributed by atoms with van der Waals surface area (Å²) in [4.78, 5) is 11.4. The van der Waals surface area contributed by atoms with E-state index in [1.54, 1.807) is 0 Å². The quantitative estimate of drug-likeness (QED) is 0.492. The van der Waals surface area contributed by atoms with Crippen LogP contribution >= 0.6 is 0 Å². The minimum atomic E-state index is -0.707. The first-order valence-corrected chi connectivity index (χ1v) is 7.87. The Morgan fingerprint density at radius 3 is 1.46 bits per heavy atom. The molecule has 0 unspecified atom stereocenters. The molecule has 0 aliphatic rings. The van der Waals surface area contributed by atoms with E-state index in [1.165, 1.54) is 0 Å². The normalized spacial score (nSPS) is 10.3. The molecule has 128 valence electrons. The summed E-state index contributed by atoms with van der Waals surface area (Å²) in [5.41, 5.74) is 2.16. The van der Waals surface area contributed by atoms with Gasteiger partial charge >= 0.3 is 6.16 Å². The first kappa shape index (κ1) is 18.0. The highest BCUT2D eigenvalue weighted by atomic mass is 16.7. The molecule has 0 saturated carbocycles. The summed E-state index contributed by atoms with van der Waals surface area (Å²) in [6, 6.07) is 19.6. The second-order valence-electron chi connectivity index (χ2n) is 5.02. The average Bonchev–Trinajstić information content (AvgIpc) is 2.63. The molecule has 2 aromatic carbocycles. The number of benzene rings is 2. The Balaban J connectivity index is 1.42. The number of rotatable bonds is 10. The summed E-state index contributed by atoms with van der Waals surface area (Å²) in [5.74, 6) is 0. The Kier molecular flexibility index (Phi) is 8.40. The van der Waals surface area contributed by atoms with Gasteiger partial charge in [-0.25, -0.2) is 4.79 Å². The van der Waals surface area contributed by atoms with Crippen molar-refractivity contribution in [2.24, 2.45) is 0 Å². The molecule has 0 atom stereocenters. The van der Waals surface area contributed by atoms with Gasteiger partial charge in [0.15, 0.2) is 0 Å². The van der Waals surface area contributed by atoms with Crippen LogP contribution in [0.2, 0.25) is 0 Å². The van der Waals surface area contributed by atoms with Crippen LogP contribution in [0, 0.1) is 0 Å². The van der Waals surface area contributed by atoms with Gasteiger partial charge < -0.3 is 18.9 Å². The van der Waals surface area contributed by atoms with E-state index >= 15 is 0 Å². The molecule has 2 rings (SSSR count). The number of carbonyl (C=O) groups is 1. The molecule has 0 aliphatic heterocycles. The topological polar surface area (TPSA) is 54.0 Å². The lowest BCUT2D eigenvalue weighted by Crippen LogP contribution is -2.15. The number of hydrogen-bond acceptors (Lipinski definition) is 5. The van der Waals surface area contributed by atoms with E-state index < -0.39 is 6.16 Å². The van der Waals surface area contributed by atoms with Gasteiger partial charge in [-0.3, -0.25) is 0 Å². The zero-order chi connectivity index (χ0) is 16.9.